The molecule has 124 valence electrons. The predicted octanol–water partition coefficient (Wildman–Crippen LogP) is 5.58. The number of rotatable bonds is 6. The van der Waals surface area contributed by atoms with Crippen LogP contribution in [-0.4, -0.2) is 23.3 Å². The van der Waals surface area contributed by atoms with Crippen molar-refractivity contribution in [2.24, 2.45) is 0 Å². The minimum atomic E-state index is 0.698. The van der Waals surface area contributed by atoms with Gasteiger partial charge in [-0.2, -0.15) is 0 Å². The van der Waals surface area contributed by atoms with E-state index in [0.717, 1.165) is 53.8 Å². The Morgan fingerprint density at radius 3 is 2.12 bits per heavy atom. The lowest BCUT2D eigenvalue weighted by molar-refractivity contribution is 0.730. The third-order valence-corrected chi connectivity index (χ3v) is 4.41. The molecule has 2 aromatic carbocycles. The summed E-state index contributed by atoms with van der Waals surface area (Å²) in [5.74, 6) is 0.963. The highest BCUT2D eigenvalue weighted by Crippen LogP contribution is 2.34. The molecule has 3 rings (SSSR count). The predicted molar refractivity (Wildman–Crippen MR) is 103 cm³/mol. The molecule has 24 heavy (non-hydrogen) atoms. The molecule has 0 aliphatic carbocycles. The number of fused-ring (bicyclic) bond motifs is 1. The van der Waals surface area contributed by atoms with Crippen LogP contribution in [0.5, 0.6) is 0 Å². The van der Waals surface area contributed by atoms with Gasteiger partial charge in [0.05, 0.1) is 5.02 Å². The molecule has 0 bridgehead atoms. The molecule has 0 saturated heterocycles. The zero-order valence-corrected chi connectivity index (χ0v) is 14.9. The highest BCUT2D eigenvalue weighted by atomic mass is 35.5. The molecule has 0 atom stereocenters. The van der Waals surface area contributed by atoms with Crippen molar-refractivity contribution in [2.75, 3.05) is 18.0 Å². The molecule has 0 spiro atoms. The number of benzene rings is 2. The number of hydrogen-bond donors (Lipinski definition) is 0. The van der Waals surface area contributed by atoms with Crippen LogP contribution in [0.1, 0.15) is 26.7 Å². The van der Waals surface area contributed by atoms with Crippen LogP contribution in [-0.2, 0) is 0 Å². The monoisotopic (exact) mass is 339 g/mol. The van der Waals surface area contributed by atoms with Gasteiger partial charge in [-0.05, 0) is 18.9 Å². The van der Waals surface area contributed by atoms with E-state index in [1.165, 1.54) is 0 Å². The molecule has 0 saturated carbocycles. The molecule has 3 nitrogen and oxygen atoms in total. The first kappa shape index (κ1) is 16.7. The average Bonchev–Trinajstić information content (AvgIpc) is 2.61. The first-order valence-electron chi connectivity index (χ1n) is 8.51. The van der Waals surface area contributed by atoms with Gasteiger partial charge in [0.25, 0.3) is 0 Å². The summed E-state index contributed by atoms with van der Waals surface area (Å²) in [7, 11) is 0. The summed E-state index contributed by atoms with van der Waals surface area (Å²) < 4.78 is 0. The van der Waals surface area contributed by atoms with Crippen molar-refractivity contribution in [3.8, 4) is 11.3 Å². The quantitative estimate of drug-likeness (QED) is 0.587. The second kappa shape index (κ2) is 7.63. The molecule has 4 heteroatoms. The van der Waals surface area contributed by atoms with Gasteiger partial charge in [0.1, 0.15) is 5.69 Å². The highest BCUT2D eigenvalue weighted by Gasteiger charge is 2.16. The Bertz CT molecular complexity index is 826. The molecule has 1 aromatic heterocycles. The zero-order valence-electron chi connectivity index (χ0n) is 14.2. The first-order chi connectivity index (χ1) is 11.8. The maximum atomic E-state index is 6.38. The molecule has 0 amide bonds. The first-order valence-corrected chi connectivity index (χ1v) is 8.89. The number of aromatic nitrogens is 2. The van der Waals surface area contributed by atoms with Crippen molar-refractivity contribution in [1.29, 1.82) is 0 Å². The van der Waals surface area contributed by atoms with Crippen molar-refractivity contribution in [2.45, 2.75) is 26.7 Å². The Morgan fingerprint density at radius 2 is 1.46 bits per heavy atom. The third-order valence-electron chi connectivity index (χ3n) is 4.08. The molecule has 3 aromatic rings. The molecular formula is C20H22ClN3. The second-order valence-electron chi connectivity index (χ2n) is 5.88. The molecular weight excluding hydrogens is 318 g/mol. The van der Waals surface area contributed by atoms with Gasteiger partial charge in [-0.1, -0.05) is 67.9 Å². The fourth-order valence-electron chi connectivity index (χ4n) is 3.04. The van der Waals surface area contributed by atoms with Crippen LogP contribution in [0.15, 0.2) is 48.5 Å². The Kier molecular flexibility index (Phi) is 5.31. The van der Waals surface area contributed by atoms with Gasteiger partial charge in [-0.25, -0.2) is 0 Å². The third kappa shape index (κ3) is 3.22. The summed E-state index contributed by atoms with van der Waals surface area (Å²) >= 11 is 6.38. The fourth-order valence-corrected chi connectivity index (χ4v) is 3.26. The maximum absolute atomic E-state index is 6.38. The molecule has 1 heterocycles. The summed E-state index contributed by atoms with van der Waals surface area (Å²) in [5.41, 5.74) is 1.76. The maximum Gasteiger partial charge on any atom is 0.159 e. The van der Waals surface area contributed by atoms with E-state index in [1.54, 1.807) is 0 Å². The van der Waals surface area contributed by atoms with E-state index in [4.69, 9.17) is 11.6 Å². The summed E-state index contributed by atoms with van der Waals surface area (Å²) in [6.45, 7) is 6.35. The normalized spacial score (nSPS) is 11.0. The van der Waals surface area contributed by atoms with Gasteiger partial charge in [0.2, 0.25) is 0 Å². The van der Waals surface area contributed by atoms with Crippen molar-refractivity contribution in [1.82, 2.24) is 10.2 Å². The van der Waals surface area contributed by atoms with E-state index in [0.29, 0.717) is 5.02 Å². The van der Waals surface area contributed by atoms with E-state index in [9.17, 15) is 0 Å². The number of nitrogens with zero attached hydrogens (tertiary/aromatic N) is 3. The minimum Gasteiger partial charge on any atom is -0.355 e. The molecule has 0 fully saturated rings. The van der Waals surface area contributed by atoms with Crippen molar-refractivity contribution < 1.29 is 0 Å². The van der Waals surface area contributed by atoms with Crippen LogP contribution in [0, 0.1) is 0 Å². The van der Waals surface area contributed by atoms with Crippen LogP contribution >= 0.6 is 11.6 Å². The van der Waals surface area contributed by atoms with E-state index in [1.807, 2.05) is 30.3 Å². The van der Waals surface area contributed by atoms with Gasteiger partial charge in [-0.3, -0.25) is 0 Å². The Hall–Kier alpha value is -2.13. The van der Waals surface area contributed by atoms with Crippen molar-refractivity contribution in [3.63, 3.8) is 0 Å². The second-order valence-corrected chi connectivity index (χ2v) is 6.29. The lowest BCUT2D eigenvalue weighted by Gasteiger charge is -2.24. The smallest absolute Gasteiger partial charge is 0.159 e. The lowest BCUT2D eigenvalue weighted by Crippen LogP contribution is -2.26. The standard InChI is InChI=1S/C20H22ClN3/c1-3-13-24(14-4-2)20-16-10-6-5-9-15(16)19(22-23-20)17-11-7-8-12-18(17)21/h5-12H,3-4,13-14H2,1-2H3. The summed E-state index contributed by atoms with van der Waals surface area (Å²) in [5, 5.41) is 12.0. The van der Waals surface area contributed by atoms with Crippen molar-refractivity contribution >= 4 is 28.2 Å². The van der Waals surface area contributed by atoms with Gasteiger partial charge < -0.3 is 4.90 Å². The Morgan fingerprint density at radius 1 is 0.833 bits per heavy atom. The van der Waals surface area contributed by atoms with Crippen LogP contribution in [0.3, 0.4) is 0 Å². The number of hydrogen-bond acceptors (Lipinski definition) is 3. The average molecular weight is 340 g/mol. The topological polar surface area (TPSA) is 29.0 Å². The molecule has 0 radical (unpaired) electrons. The van der Waals surface area contributed by atoms with Crippen LogP contribution in [0.25, 0.3) is 22.0 Å². The largest absolute Gasteiger partial charge is 0.355 e. The van der Waals surface area contributed by atoms with Gasteiger partial charge >= 0.3 is 0 Å². The highest BCUT2D eigenvalue weighted by molar-refractivity contribution is 6.33. The van der Waals surface area contributed by atoms with Crippen LogP contribution in [0.4, 0.5) is 5.82 Å². The Labute approximate surface area is 148 Å². The number of halogens is 1. The van der Waals surface area contributed by atoms with E-state index < -0.39 is 0 Å². The van der Waals surface area contributed by atoms with E-state index in [-0.39, 0.29) is 0 Å². The Balaban J connectivity index is 2.19. The minimum absolute atomic E-state index is 0.698. The summed E-state index contributed by atoms with van der Waals surface area (Å²) in [6.07, 6.45) is 2.17. The van der Waals surface area contributed by atoms with Crippen LogP contribution < -0.4 is 4.90 Å². The zero-order chi connectivity index (χ0) is 16.9. The molecule has 0 aliphatic rings. The van der Waals surface area contributed by atoms with Gasteiger partial charge in [0.15, 0.2) is 5.82 Å². The van der Waals surface area contributed by atoms with Crippen molar-refractivity contribution in [3.05, 3.63) is 53.6 Å². The molecule has 0 aliphatic heterocycles. The van der Waals surface area contributed by atoms with E-state index >= 15 is 0 Å². The molecule has 0 unspecified atom stereocenters. The summed E-state index contributed by atoms with van der Waals surface area (Å²) in [4.78, 5) is 2.33. The molecule has 0 N–H and O–H groups in total. The lowest BCUT2D eigenvalue weighted by atomic mass is 10.0. The summed E-state index contributed by atoms with van der Waals surface area (Å²) in [6, 6.07) is 16.1. The fraction of sp³-hybridized carbons (Fsp3) is 0.300. The van der Waals surface area contributed by atoms with Crippen LogP contribution in [0.2, 0.25) is 5.02 Å². The SMILES string of the molecule is CCCN(CCC)c1nnc(-c2ccccc2Cl)c2ccccc12. The number of anilines is 1. The van der Waals surface area contributed by atoms with E-state index in [2.05, 4.69) is 47.1 Å². The van der Waals surface area contributed by atoms with Gasteiger partial charge in [-0.15, -0.1) is 10.2 Å². The van der Waals surface area contributed by atoms with Gasteiger partial charge in [0, 0.05) is 29.4 Å².